The highest BCUT2D eigenvalue weighted by Gasteiger charge is 2.17. The molecule has 27 heavy (non-hydrogen) atoms. The largest absolute Gasteiger partial charge is 0.493 e. The lowest BCUT2D eigenvalue weighted by Gasteiger charge is -2.15. The molecular formula is C21H26N2O4. The number of ether oxygens (including phenoxy) is 3. The number of amides is 2. The van der Waals surface area contributed by atoms with E-state index in [0.29, 0.717) is 24.7 Å². The van der Waals surface area contributed by atoms with Crippen molar-refractivity contribution in [2.45, 2.75) is 32.4 Å². The Hall–Kier alpha value is -2.73. The molecule has 0 unspecified atom stereocenters. The van der Waals surface area contributed by atoms with E-state index in [1.165, 1.54) is 0 Å². The van der Waals surface area contributed by atoms with Gasteiger partial charge in [0, 0.05) is 18.8 Å². The second-order valence-corrected chi connectivity index (χ2v) is 6.60. The number of carbonyl (C=O) groups excluding carboxylic acids is 1. The third-order valence-corrected chi connectivity index (χ3v) is 4.44. The molecule has 144 valence electrons. The summed E-state index contributed by atoms with van der Waals surface area (Å²) < 4.78 is 16.8. The number of carbonyl (C=O) groups is 1. The van der Waals surface area contributed by atoms with E-state index in [4.69, 9.17) is 14.2 Å². The van der Waals surface area contributed by atoms with Crippen molar-refractivity contribution in [1.29, 1.82) is 0 Å². The van der Waals surface area contributed by atoms with Gasteiger partial charge in [-0.25, -0.2) is 4.79 Å². The number of nitrogens with one attached hydrogen (secondary N) is 2. The SMILES string of the molecule is COc1cc(CNC(=O)Nc2ccc(C)cc2)ccc1OC[C@H]1CCCO1. The monoisotopic (exact) mass is 370 g/mol. The van der Waals surface area contributed by atoms with E-state index in [9.17, 15) is 4.79 Å². The van der Waals surface area contributed by atoms with Crippen molar-refractivity contribution >= 4 is 11.7 Å². The standard InChI is InChI=1S/C21H26N2O4/c1-15-5-8-17(9-6-15)23-21(24)22-13-16-7-10-19(20(12-16)25-2)27-14-18-4-3-11-26-18/h5-10,12,18H,3-4,11,13-14H2,1-2H3,(H2,22,23,24)/t18-/m1/s1. The quantitative estimate of drug-likeness (QED) is 0.776. The number of aryl methyl sites for hydroxylation is 1. The Labute approximate surface area is 159 Å². The van der Waals surface area contributed by atoms with Crippen LogP contribution in [0.1, 0.15) is 24.0 Å². The van der Waals surface area contributed by atoms with Crippen LogP contribution in [0.2, 0.25) is 0 Å². The van der Waals surface area contributed by atoms with Crippen LogP contribution in [-0.4, -0.2) is 32.5 Å². The molecule has 0 saturated carbocycles. The van der Waals surface area contributed by atoms with E-state index in [2.05, 4.69) is 10.6 Å². The van der Waals surface area contributed by atoms with Gasteiger partial charge in [-0.05, 0) is 49.6 Å². The maximum atomic E-state index is 12.0. The fraction of sp³-hybridized carbons (Fsp3) is 0.381. The number of urea groups is 1. The summed E-state index contributed by atoms with van der Waals surface area (Å²) in [4.78, 5) is 12.0. The first-order valence-electron chi connectivity index (χ1n) is 9.17. The van der Waals surface area contributed by atoms with Crippen LogP contribution in [0.3, 0.4) is 0 Å². The summed E-state index contributed by atoms with van der Waals surface area (Å²) in [7, 11) is 1.61. The summed E-state index contributed by atoms with van der Waals surface area (Å²) >= 11 is 0. The highest BCUT2D eigenvalue weighted by molar-refractivity contribution is 5.89. The Morgan fingerprint density at radius 2 is 2.00 bits per heavy atom. The van der Waals surface area contributed by atoms with E-state index in [1.807, 2.05) is 49.4 Å². The third kappa shape index (κ3) is 5.62. The van der Waals surface area contributed by atoms with Crippen LogP contribution in [0.15, 0.2) is 42.5 Å². The third-order valence-electron chi connectivity index (χ3n) is 4.44. The maximum absolute atomic E-state index is 12.0. The molecular weight excluding hydrogens is 344 g/mol. The van der Waals surface area contributed by atoms with Gasteiger partial charge in [-0.3, -0.25) is 0 Å². The second-order valence-electron chi connectivity index (χ2n) is 6.60. The van der Waals surface area contributed by atoms with Crippen molar-refractivity contribution in [2.24, 2.45) is 0 Å². The first kappa shape index (κ1) is 19.0. The summed E-state index contributed by atoms with van der Waals surface area (Å²) in [6.07, 6.45) is 2.27. The van der Waals surface area contributed by atoms with Gasteiger partial charge in [-0.15, -0.1) is 0 Å². The Morgan fingerprint density at radius 1 is 1.19 bits per heavy atom. The van der Waals surface area contributed by atoms with E-state index >= 15 is 0 Å². The fourth-order valence-corrected chi connectivity index (χ4v) is 2.89. The van der Waals surface area contributed by atoms with Crippen LogP contribution in [0, 0.1) is 6.92 Å². The first-order valence-corrected chi connectivity index (χ1v) is 9.17. The summed E-state index contributed by atoms with van der Waals surface area (Å²) in [6, 6.07) is 13.1. The Balaban J connectivity index is 1.51. The number of anilines is 1. The fourth-order valence-electron chi connectivity index (χ4n) is 2.89. The first-order chi connectivity index (χ1) is 13.1. The van der Waals surface area contributed by atoms with Crippen molar-refractivity contribution < 1.29 is 19.0 Å². The van der Waals surface area contributed by atoms with Crippen LogP contribution in [-0.2, 0) is 11.3 Å². The molecule has 6 nitrogen and oxygen atoms in total. The number of rotatable bonds is 7. The molecule has 6 heteroatoms. The smallest absolute Gasteiger partial charge is 0.319 e. The summed E-state index contributed by atoms with van der Waals surface area (Å²) in [6.45, 7) is 3.72. The van der Waals surface area contributed by atoms with Crippen molar-refractivity contribution in [3.05, 3.63) is 53.6 Å². The molecule has 0 spiro atoms. The average Bonchev–Trinajstić information content (AvgIpc) is 3.20. The van der Waals surface area contributed by atoms with Gasteiger partial charge in [-0.2, -0.15) is 0 Å². The summed E-state index contributed by atoms with van der Waals surface area (Å²) in [5.41, 5.74) is 2.83. The average molecular weight is 370 g/mol. The second kappa shape index (κ2) is 9.28. The zero-order valence-corrected chi connectivity index (χ0v) is 15.8. The van der Waals surface area contributed by atoms with Crippen LogP contribution in [0.25, 0.3) is 0 Å². The number of hydrogen-bond donors (Lipinski definition) is 2. The summed E-state index contributed by atoms with van der Waals surface area (Å²) in [5.74, 6) is 1.33. The molecule has 0 aliphatic carbocycles. The Kier molecular flexibility index (Phi) is 6.54. The predicted octanol–water partition coefficient (Wildman–Crippen LogP) is 3.88. The van der Waals surface area contributed by atoms with E-state index in [-0.39, 0.29) is 12.1 Å². The molecule has 0 bridgehead atoms. The molecule has 2 N–H and O–H groups in total. The molecule has 0 radical (unpaired) electrons. The van der Waals surface area contributed by atoms with Crippen molar-refractivity contribution in [1.82, 2.24) is 5.32 Å². The highest BCUT2D eigenvalue weighted by Crippen LogP contribution is 2.29. The van der Waals surface area contributed by atoms with Gasteiger partial charge < -0.3 is 24.8 Å². The normalized spacial score (nSPS) is 16.0. The molecule has 2 amide bonds. The highest BCUT2D eigenvalue weighted by atomic mass is 16.5. The van der Waals surface area contributed by atoms with Crippen LogP contribution >= 0.6 is 0 Å². The van der Waals surface area contributed by atoms with Gasteiger partial charge in [-0.1, -0.05) is 23.8 Å². The van der Waals surface area contributed by atoms with Crippen LogP contribution in [0.4, 0.5) is 10.5 Å². The number of benzene rings is 2. The number of hydrogen-bond acceptors (Lipinski definition) is 4. The molecule has 3 rings (SSSR count). The van der Waals surface area contributed by atoms with Gasteiger partial charge in [0.15, 0.2) is 11.5 Å². The maximum Gasteiger partial charge on any atom is 0.319 e. The minimum atomic E-state index is -0.253. The van der Waals surface area contributed by atoms with Crippen LogP contribution < -0.4 is 20.1 Å². The van der Waals surface area contributed by atoms with Gasteiger partial charge in [0.25, 0.3) is 0 Å². The molecule has 0 aromatic heterocycles. The van der Waals surface area contributed by atoms with E-state index < -0.39 is 0 Å². The molecule has 1 saturated heterocycles. The molecule has 1 heterocycles. The zero-order valence-electron chi connectivity index (χ0n) is 15.8. The van der Waals surface area contributed by atoms with Gasteiger partial charge in [0.2, 0.25) is 0 Å². The lowest BCUT2D eigenvalue weighted by atomic mass is 10.2. The zero-order chi connectivity index (χ0) is 19.1. The molecule has 2 aromatic carbocycles. The van der Waals surface area contributed by atoms with Crippen molar-refractivity contribution in [2.75, 3.05) is 25.6 Å². The van der Waals surface area contributed by atoms with Gasteiger partial charge >= 0.3 is 6.03 Å². The van der Waals surface area contributed by atoms with Crippen molar-refractivity contribution in [3.8, 4) is 11.5 Å². The predicted molar refractivity (Wildman–Crippen MR) is 105 cm³/mol. The Bertz CT molecular complexity index is 755. The Morgan fingerprint density at radius 3 is 2.70 bits per heavy atom. The minimum absolute atomic E-state index is 0.154. The minimum Gasteiger partial charge on any atom is -0.493 e. The molecule has 1 fully saturated rings. The van der Waals surface area contributed by atoms with Gasteiger partial charge in [0.05, 0.1) is 13.2 Å². The molecule has 1 atom stereocenters. The number of methoxy groups -OCH3 is 1. The lowest BCUT2D eigenvalue weighted by molar-refractivity contribution is 0.0669. The molecule has 2 aromatic rings. The molecule has 1 aliphatic rings. The van der Waals surface area contributed by atoms with Gasteiger partial charge in [0.1, 0.15) is 6.61 Å². The van der Waals surface area contributed by atoms with Crippen LogP contribution in [0.5, 0.6) is 11.5 Å². The van der Waals surface area contributed by atoms with E-state index in [1.54, 1.807) is 7.11 Å². The topological polar surface area (TPSA) is 68.8 Å². The summed E-state index contributed by atoms with van der Waals surface area (Å²) in [5, 5.41) is 5.65. The van der Waals surface area contributed by atoms with E-state index in [0.717, 1.165) is 36.3 Å². The lowest BCUT2D eigenvalue weighted by Crippen LogP contribution is -2.28. The van der Waals surface area contributed by atoms with Crippen molar-refractivity contribution in [3.63, 3.8) is 0 Å². The molecule has 1 aliphatic heterocycles.